The average molecular weight is 279 g/mol. The summed E-state index contributed by atoms with van der Waals surface area (Å²) in [6.07, 6.45) is 4.98. The number of nitriles is 1. The number of fused-ring (bicyclic) bond motifs is 1. The van der Waals surface area contributed by atoms with Crippen molar-refractivity contribution in [2.24, 2.45) is 0 Å². The zero-order valence-electron chi connectivity index (χ0n) is 12.5. The Morgan fingerprint density at radius 2 is 1.86 bits per heavy atom. The second kappa shape index (κ2) is 6.24. The molecule has 3 rings (SSSR count). The molecule has 1 saturated heterocycles. The minimum atomic E-state index is -0.131. The summed E-state index contributed by atoms with van der Waals surface area (Å²) in [7, 11) is 0. The molecule has 0 saturated carbocycles. The minimum Gasteiger partial charge on any atom is -0.284 e. The zero-order valence-corrected chi connectivity index (χ0v) is 12.5. The highest BCUT2D eigenvalue weighted by Gasteiger charge is 2.21. The van der Waals surface area contributed by atoms with Gasteiger partial charge in [-0.05, 0) is 56.6 Å². The van der Waals surface area contributed by atoms with Crippen molar-refractivity contribution in [2.75, 3.05) is 13.1 Å². The quantitative estimate of drug-likeness (QED) is 0.834. The maximum absolute atomic E-state index is 9.63. The van der Waals surface area contributed by atoms with Crippen LogP contribution in [0, 0.1) is 18.3 Å². The molecule has 21 heavy (non-hydrogen) atoms. The lowest BCUT2D eigenvalue weighted by Crippen LogP contribution is -2.28. The van der Waals surface area contributed by atoms with Gasteiger partial charge in [-0.3, -0.25) is 9.88 Å². The van der Waals surface area contributed by atoms with Crippen molar-refractivity contribution in [1.29, 1.82) is 5.26 Å². The van der Waals surface area contributed by atoms with Crippen LogP contribution in [0.3, 0.4) is 0 Å². The van der Waals surface area contributed by atoms with Gasteiger partial charge in [-0.2, -0.15) is 5.26 Å². The maximum atomic E-state index is 9.63. The number of rotatable bonds is 2. The Kier molecular flexibility index (Phi) is 4.17. The number of benzene rings is 1. The third-order valence-electron chi connectivity index (χ3n) is 4.30. The van der Waals surface area contributed by atoms with E-state index in [4.69, 9.17) is 0 Å². The molecule has 1 aromatic heterocycles. The van der Waals surface area contributed by atoms with Crippen LogP contribution in [-0.4, -0.2) is 23.0 Å². The smallest absolute Gasteiger partial charge is 0.123 e. The molecule has 0 bridgehead atoms. The van der Waals surface area contributed by atoms with Gasteiger partial charge in [0, 0.05) is 11.1 Å². The van der Waals surface area contributed by atoms with Crippen molar-refractivity contribution < 1.29 is 0 Å². The first-order chi connectivity index (χ1) is 10.3. The van der Waals surface area contributed by atoms with E-state index in [0.29, 0.717) is 0 Å². The molecular weight excluding hydrogens is 258 g/mol. The molecule has 1 atom stereocenters. The molecule has 1 unspecified atom stereocenters. The van der Waals surface area contributed by atoms with E-state index in [2.05, 4.69) is 34.2 Å². The Morgan fingerprint density at radius 3 is 2.57 bits per heavy atom. The van der Waals surface area contributed by atoms with E-state index in [1.54, 1.807) is 0 Å². The first-order valence-electron chi connectivity index (χ1n) is 7.79. The van der Waals surface area contributed by atoms with Crippen LogP contribution < -0.4 is 0 Å². The lowest BCUT2D eigenvalue weighted by molar-refractivity contribution is 0.246. The van der Waals surface area contributed by atoms with Crippen LogP contribution in [0.2, 0.25) is 0 Å². The topological polar surface area (TPSA) is 39.9 Å². The fraction of sp³-hybridized carbons (Fsp3) is 0.444. The van der Waals surface area contributed by atoms with Crippen LogP contribution in [0.1, 0.15) is 43.0 Å². The summed E-state index contributed by atoms with van der Waals surface area (Å²) in [5, 5.41) is 10.8. The van der Waals surface area contributed by atoms with E-state index in [1.807, 2.05) is 19.1 Å². The number of pyridine rings is 1. The van der Waals surface area contributed by atoms with Crippen LogP contribution in [0.25, 0.3) is 10.9 Å². The molecule has 108 valence electrons. The van der Waals surface area contributed by atoms with Crippen LogP contribution in [0.5, 0.6) is 0 Å². The fourth-order valence-corrected chi connectivity index (χ4v) is 3.14. The first-order valence-corrected chi connectivity index (χ1v) is 7.79. The lowest BCUT2D eigenvalue weighted by atomic mass is 10.0. The fourth-order valence-electron chi connectivity index (χ4n) is 3.14. The Bertz CT molecular complexity index is 664. The molecule has 0 N–H and O–H groups in total. The van der Waals surface area contributed by atoms with Gasteiger partial charge in [0.1, 0.15) is 6.04 Å². The summed E-state index contributed by atoms with van der Waals surface area (Å²) in [6.45, 7) is 4.06. The molecule has 2 aromatic rings. The van der Waals surface area contributed by atoms with Crippen LogP contribution >= 0.6 is 0 Å². The van der Waals surface area contributed by atoms with Gasteiger partial charge in [0.05, 0.1) is 11.6 Å². The van der Waals surface area contributed by atoms with Gasteiger partial charge in [-0.15, -0.1) is 0 Å². The Morgan fingerprint density at radius 1 is 1.10 bits per heavy atom. The lowest BCUT2D eigenvalue weighted by Gasteiger charge is -2.25. The number of aryl methyl sites for hydroxylation is 1. The predicted octanol–water partition coefficient (Wildman–Crippen LogP) is 3.98. The molecule has 1 aliphatic rings. The van der Waals surface area contributed by atoms with Gasteiger partial charge in [-0.25, -0.2) is 0 Å². The molecule has 1 aliphatic heterocycles. The number of hydrogen-bond donors (Lipinski definition) is 0. The van der Waals surface area contributed by atoms with E-state index in [1.165, 1.54) is 25.7 Å². The minimum absolute atomic E-state index is 0.131. The molecule has 3 nitrogen and oxygen atoms in total. The Hall–Kier alpha value is -1.92. The summed E-state index contributed by atoms with van der Waals surface area (Å²) in [4.78, 5) is 6.86. The summed E-state index contributed by atoms with van der Waals surface area (Å²) in [5.41, 5.74) is 3.13. The summed E-state index contributed by atoms with van der Waals surface area (Å²) in [6, 6.07) is 12.7. The van der Waals surface area contributed by atoms with E-state index in [-0.39, 0.29) is 6.04 Å². The van der Waals surface area contributed by atoms with Gasteiger partial charge >= 0.3 is 0 Å². The molecule has 3 heteroatoms. The van der Waals surface area contributed by atoms with Gasteiger partial charge in [0.2, 0.25) is 0 Å². The second-order valence-corrected chi connectivity index (χ2v) is 5.89. The first kappa shape index (κ1) is 14.0. The van der Waals surface area contributed by atoms with Crippen molar-refractivity contribution in [3.63, 3.8) is 0 Å². The Balaban J connectivity index is 1.93. The molecule has 0 aliphatic carbocycles. The standard InChI is InChI=1S/C18H21N3/c1-14-6-7-15-12-16(8-9-17(15)20-14)18(13-19)21-10-4-2-3-5-11-21/h6-9,12,18H,2-5,10-11H2,1H3. The predicted molar refractivity (Wildman–Crippen MR) is 84.9 cm³/mol. The van der Waals surface area contributed by atoms with E-state index < -0.39 is 0 Å². The van der Waals surface area contributed by atoms with Gasteiger partial charge < -0.3 is 0 Å². The number of likely N-dealkylation sites (tertiary alicyclic amines) is 1. The van der Waals surface area contributed by atoms with E-state index in [0.717, 1.165) is 35.2 Å². The normalized spacial score (nSPS) is 18.1. The molecule has 1 aromatic carbocycles. The van der Waals surface area contributed by atoms with Crippen LogP contribution in [-0.2, 0) is 0 Å². The van der Waals surface area contributed by atoms with Gasteiger partial charge in [0.25, 0.3) is 0 Å². The molecular formula is C18H21N3. The van der Waals surface area contributed by atoms with Crippen molar-refractivity contribution in [1.82, 2.24) is 9.88 Å². The number of aromatic nitrogens is 1. The summed E-state index contributed by atoms with van der Waals surface area (Å²) < 4.78 is 0. The van der Waals surface area contributed by atoms with Gasteiger partial charge in [0.15, 0.2) is 0 Å². The third kappa shape index (κ3) is 3.06. The second-order valence-electron chi connectivity index (χ2n) is 5.89. The third-order valence-corrected chi connectivity index (χ3v) is 4.30. The molecule has 0 amide bonds. The van der Waals surface area contributed by atoms with Gasteiger partial charge in [-0.1, -0.05) is 25.0 Å². The SMILES string of the molecule is Cc1ccc2cc(C(C#N)N3CCCCCC3)ccc2n1. The zero-order chi connectivity index (χ0) is 14.7. The largest absolute Gasteiger partial charge is 0.284 e. The highest BCUT2D eigenvalue weighted by molar-refractivity contribution is 5.79. The highest BCUT2D eigenvalue weighted by Crippen LogP contribution is 2.26. The summed E-state index contributed by atoms with van der Waals surface area (Å²) >= 11 is 0. The van der Waals surface area contributed by atoms with Crippen molar-refractivity contribution in [3.05, 3.63) is 41.6 Å². The van der Waals surface area contributed by atoms with Crippen molar-refractivity contribution >= 4 is 10.9 Å². The molecule has 0 radical (unpaired) electrons. The van der Waals surface area contributed by atoms with E-state index in [9.17, 15) is 5.26 Å². The molecule has 1 fully saturated rings. The highest BCUT2D eigenvalue weighted by atomic mass is 15.1. The van der Waals surface area contributed by atoms with Crippen molar-refractivity contribution in [3.8, 4) is 6.07 Å². The molecule has 0 spiro atoms. The Labute approximate surface area is 126 Å². The van der Waals surface area contributed by atoms with Crippen molar-refractivity contribution in [2.45, 2.75) is 38.6 Å². The number of hydrogen-bond acceptors (Lipinski definition) is 3. The number of nitrogens with zero attached hydrogens (tertiary/aromatic N) is 3. The maximum Gasteiger partial charge on any atom is 0.123 e. The molecule has 2 heterocycles. The monoisotopic (exact) mass is 279 g/mol. The summed E-state index contributed by atoms with van der Waals surface area (Å²) in [5.74, 6) is 0. The average Bonchev–Trinajstić information content (AvgIpc) is 2.77. The van der Waals surface area contributed by atoms with Crippen LogP contribution in [0.15, 0.2) is 30.3 Å². The van der Waals surface area contributed by atoms with Crippen LogP contribution in [0.4, 0.5) is 0 Å². The van der Waals surface area contributed by atoms with E-state index >= 15 is 0 Å².